The van der Waals surface area contributed by atoms with Gasteiger partial charge in [-0.05, 0) is 33.1 Å². The first-order valence-electron chi connectivity index (χ1n) is 8.87. The third-order valence-corrected chi connectivity index (χ3v) is 5.52. The molecule has 0 spiro atoms. The third-order valence-electron chi connectivity index (χ3n) is 3.76. The van der Waals surface area contributed by atoms with E-state index >= 15 is 0 Å². The summed E-state index contributed by atoms with van der Waals surface area (Å²) in [5.41, 5.74) is -0.747. The summed E-state index contributed by atoms with van der Waals surface area (Å²) >= 11 is 1.13. The molecule has 3 rings (SSSR count). The van der Waals surface area contributed by atoms with Gasteiger partial charge in [0.05, 0.1) is 6.10 Å². The van der Waals surface area contributed by atoms with Crippen LogP contribution in [0.5, 0.6) is 6.01 Å². The SMILES string of the molecule is CCCn1ccs/c1=N\S(=O)(=O)NC(=O)n1nc(OC(C)C)n(C2CC2)c1=O. The van der Waals surface area contributed by atoms with E-state index in [9.17, 15) is 18.0 Å². The fourth-order valence-corrected chi connectivity index (χ4v) is 4.24. The molecule has 1 aliphatic rings. The van der Waals surface area contributed by atoms with Crippen LogP contribution in [0.4, 0.5) is 4.79 Å². The van der Waals surface area contributed by atoms with Crippen molar-refractivity contribution >= 4 is 27.6 Å². The molecule has 0 saturated heterocycles. The van der Waals surface area contributed by atoms with Crippen molar-refractivity contribution in [1.82, 2.24) is 23.6 Å². The van der Waals surface area contributed by atoms with Crippen molar-refractivity contribution in [3.8, 4) is 6.01 Å². The van der Waals surface area contributed by atoms with Gasteiger partial charge in [-0.2, -0.15) is 8.42 Å². The second kappa shape index (κ2) is 7.91. The molecular formula is C15H22N6O5S2. The Hall–Kier alpha value is -2.41. The molecule has 0 aromatic carbocycles. The lowest BCUT2D eigenvalue weighted by molar-refractivity contribution is 0.208. The highest BCUT2D eigenvalue weighted by Crippen LogP contribution is 2.36. The van der Waals surface area contributed by atoms with Crippen molar-refractivity contribution in [3.05, 3.63) is 26.9 Å². The number of hydrogen-bond donors (Lipinski definition) is 1. The van der Waals surface area contributed by atoms with Gasteiger partial charge in [0.25, 0.3) is 0 Å². The third kappa shape index (κ3) is 4.52. The van der Waals surface area contributed by atoms with E-state index in [4.69, 9.17) is 4.74 Å². The van der Waals surface area contributed by atoms with Gasteiger partial charge >= 0.3 is 27.9 Å². The van der Waals surface area contributed by atoms with E-state index in [-0.39, 0.29) is 23.0 Å². The molecule has 1 amide bonds. The Bertz CT molecular complexity index is 1090. The van der Waals surface area contributed by atoms with Crippen molar-refractivity contribution < 1.29 is 17.9 Å². The first-order valence-corrected chi connectivity index (χ1v) is 11.2. The highest BCUT2D eigenvalue weighted by atomic mass is 32.2. The molecule has 11 nitrogen and oxygen atoms in total. The first kappa shape index (κ1) is 20.3. The van der Waals surface area contributed by atoms with E-state index in [1.165, 1.54) is 4.57 Å². The molecule has 1 fully saturated rings. The van der Waals surface area contributed by atoms with Crippen molar-refractivity contribution in [2.45, 2.75) is 58.7 Å². The van der Waals surface area contributed by atoms with Crippen LogP contribution in [0.25, 0.3) is 0 Å². The molecule has 0 radical (unpaired) electrons. The quantitative estimate of drug-likeness (QED) is 0.693. The lowest BCUT2D eigenvalue weighted by Crippen LogP contribution is -2.40. The Morgan fingerprint density at radius 1 is 1.46 bits per heavy atom. The fourth-order valence-electron chi connectivity index (χ4n) is 2.49. The number of amides is 1. The van der Waals surface area contributed by atoms with Gasteiger partial charge in [-0.25, -0.2) is 18.9 Å². The molecule has 28 heavy (non-hydrogen) atoms. The van der Waals surface area contributed by atoms with Gasteiger partial charge in [0.2, 0.25) is 4.80 Å². The summed E-state index contributed by atoms with van der Waals surface area (Å²) in [6.07, 6.45) is 3.78. The minimum atomic E-state index is -4.38. The number of nitrogens with zero attached hydrogens (tertiary/aromatic N) is 5. The summed E-state index contributed by atoms with van der Waals surface area (Å²) in [7, 11) is -4.38. The van der Waals surface area contributed by atoms with Crippen LogP contribution in [0, 0.1) is 0 Å². The Balaban J connectivity index is 1.88. The average molecular weight is 431 g/mol. The summed E-state index contributed by atoms with van der Waals surface area (Å²) in [6.45, 7) is 6.06. The minimum absolute atomic E-state index is 0.00830. The van der Waals surface area contributed by atoms with Crippen molar-refractivity contribution in [3.63, 3.8) is 0 Å². The van der Waals surface area contributed by atoms with Gasteiger partial charge < -0.3 is 9.30 Å². The molecule has 1 aliphatic carbocycles. The van der Waals surface area contributed by atoms with Crippen LogP contribution in [-0.4, -0.2) is 39.5 Å². The first-order chi connectivity index (χ1) is 13.2. The van der Waals surface area contributed by atoms with Crippen LogP contribution < -0.4 is 20.0 Å². The number of rotatable bonds is 7. The maximum absolute atomic E-state index is 12.5. The predicted octanol–water partition coefficient (Wildman–Crippen LogP) is 0.843. The Morgan fingerprint density at radius 3 is 2.79 bits per heavy atom. The summed E-state index contributed by atoms with van der Waals surface area (Å²) in [6, 6.07) is -1.31. The molecule has 1 N–H and O–H groups in total. The Kier molecular flexibility index (Phi) is 5.74. The molecule has 0 atom stereocenters. The lowest BCUT2D eigenvalue weighted by atomic mass is 10.5. The fraction of sp³-hybridized carbons (Fsp3) is 0.600. The molecular weight excluding hydrogens is 408 g/mol. The zero-order chi connectivity index (χ0) is 20.5. The van der Waals surface area contributed by atoms with Crippen molar-refractivity contribution in [2.75, 3.05) is 0 Å². The van der Waals surface area contributed by atoms with E-state index in [1.807, 2.05) is 6.92 Å². The molecule has 1 saturated carbocycles. The molecule has 2 aromatic rings. The van der Waals surface area contributed by atoms with E-state index in [1.54, 1.807) is 34.7 Å². The maximum atomic E-state index is 12.5. The van der Waals surface area contributed by atoms with Crippen LogP contribution in [0.1, 0.15) is 46.1 Å². The standard InChI is InChI=1S/C15H22N6O5S2/c1-4-7-19-8-9-27-14(19)18-28(24,25)17-12(22)21-15(23)20(11-5-6-11)13(16-21)26-10(2)3/h8-11H,4-7H2,1-3H3,(H,17,22)/b18-14-. The summed E-state index contributed by atoms with van der Waals surface area (Å²) in [5.74, 6) is 0. The summed E-state index contributed by atoms with van der Waals surface area (Å²) in [4.78, 5) is 25.1. The second-order valence-electron chi connectivity index (χ2n) is 6.60. The number of nitrogens with one attached hydrogen (secondary N) is 1. The monoisotopic (exact) mass is 430 g/mol. The second-order valence-corrected chi connectivity index (χ2v) is 8.81. The van der Waals surface area contributed by atoms with Gasteiger partial charge in [0.1, 0.15) is 0 Å². The smallest absolute Gasteiger partial charge is 0.361 e. The highest BCUT2D eigenvalue weighted by Gasteiger charge is 2.33. The van der Waals surface area contributed by atoms with Crippen LogP contribution in [-0.2, 0) is 16.8 Å². The predicted molar refractivity (Wildman–Crippen MR) is 102 cm³/mol. The van der Waals surface area contributed by atoms with E-state index in [2.05, 4.69) is 9.50 Å². The van der Waals surface area contributed by atoms with Crippen LogP contribution >= 0.6 is 11.3 Å². The molecule has 2 heterocycles. The molecule has 0 aliphatic heterocycles. The lowest BCUT2D eigenvalue weighted by Gasteiger charge is -2.08. The molecule has 2 aromatic heterocycles. The molecule has 13 heteroatoms. The number of aromatic nitrogens is 4. The Labute approximate surface area is 165 Å². The van der Waals surface area contributed by atoms with E-state index in [0.29, 0.717) is 11.2 Å². The number of carbonyl (C=O) groups excluding carboxylic acids is 1. The van der Waals surface area contributed by atoms with Gasteiger partial charge in [0, 0.05) is 24.2 Å². The largest absolute Gasteiger partial charge is 0.461 e. The van der Waals surface area contributed by atoms with Crippen LogP contribution in [0.2, 0.25) is 0 Å². The normalized spacial score (nSPS) is 15.2. The van der Waals surface area contributed by atoms with Gasteiger partial charge in [-0.3, -0.25) is 0 Å². The van der Waals surface area contributed by atoms with Crippen LogP contribution in [0.3, 0.4) is 0 Å². The number of thiazole rings is 1. The topological polar surface area (TPSA) is 130 Å². The van der Waals surface area contributed by atoms with Crippen molar-refractivity contribution in [2.24, 2.45) is 4.40 Å². The average Bonchev–Trinajstić information content (AvgIpc) is 3.25. The summed E-state index contributed by atoms with van der Waals surface area (Å²) in [5, 5.41) is 5.56. The van der Waals surface area contributed by atoms with Gasteiger partial charge in [-0.1, -0.05) is 6.92 Å². The van der Waals surface area contributed by atoms with Crippen LogP contribution in [0.15, 0.2) is 20.8 Å². The van der Waals surface area contributed by atoms with E-state index < -0.39 is 21.9 Å². The molecule has 154 valence electrons. The maximum Gasteiger partial charge on any atom is 0.361 e. The zero-order valence-electron chi connectivity index (χ0n) is 15.7. The molecule has 0 bridgehead atoms. The van der Waals surface area contributed by atoms with Crippen molar-refractivity contribution in [1.29, 1.82) is 0 Å². The van der Waals surface area contributed by atoms with Gasteiger partial charge in [0.15, 0.2) is 0 Å². The minimum Gasteiger partial charge on any atom is -0.461 e. The number of carbonyl (C=O) groups is 1. The highest BCUT2D eigenvalue weighted by molar-refractivity contribution is 7.88. The molecule has 0 unspecified atom stereocenters. The number of hydrogen-bond acceptors (Lipinski definition) is 7. The van der Waals surface area contributed by atoms with Gasteiger partial charge in [-0.15, -0.1) is 25.5 Å². The number of aryl methyl sites for hydroxylation is 1. The zero-order valence-corrected chi connectivity index (χ0v) is 17.4. The Morgan fingerprint density at radius 2 is 2.18 bits per heavy atom. The van der Waals surface area contributed by atoms with E-state index in [0.717, 1.165) is 30.6 Å². The summed E-state index contributed by atoms with van der Waals surface area (Å²) < 4.78 is 38.8. The number of ether oxygens (including phenoxy) is 1.